The molecule has 0 amide bonds. The van der Waals surface area contributed by atoms with Crippen LogP contribution in [0.4, 0.5) is 0 Å². The number of fused-ring (bicyclic) bond motifs is 1. The van der Waals surface area contributed by atoms with Gasteiger partial charge >= 0.3 is 5.97 Å². The SMILES string of the molecule is C#Cc1cccc(-n2nc(C(=O)OCC)c3c2COC3)c1. The van der Waals surface area contributed by atoms with Gasteiger partial charge in [-0.3, -0.25) is 0 Å². The lowest BCUT2D eigenvalue weighted by atomic mass is 10.2. The molecule has 0 radical (unpaired) electrons. The largest absolute Gasteiger partial charge is 0.461 e. The summed E-state index contributed by atoms with van der Waals surface area (Å²) in [6, 6.07) is 7.44. The molecule has 0 N–H and O–H groups in total. The van der Waals surface area contributed by atoms with Crippen molar-refractivity contribution in [3.63, 3.8) is 0 Å². The summed E-state index contributed by atoms with van der Waals surface area (Å²) < 4.78 is 12.2. The summed E-state index contributed by atoms with van der Waals surface area (Å²) in [6.45, 7) is 2.87. The highest BCUT2D eigenvalue weighted by molar-refractivity contribution is 5.89. The van der Waals surface area contributed by atoms with Crippen molar-refractivity contribution >= 4 is 5.97 Å². The third kappa shape index (κ3) is 2.30. The Balaban J connectivity index is 2.09. The average molecular weight is 282 g/mol. The van der Waals surface area contributed by atoms with Crippen LogP contribution in [0.2, 0.25) is 0 Å². The van der Waals surface area contributed by atoms with Gasteiger partial charge in [-0.15, -0.1) is 6.42 Å². The minimum absolute atomic E-state index is 0.313. The van der Waals surface area contributed by atoms with Crippen LogP contribution in [0.3, 0.4) is 0 Å². The van der Waals surface area contributed by atoms with Gasteiger partial charge in [-0.2, -0.15) is 5.10 Å². The van der Waals surface area contributed by atoms with Crippen molar-refractivity contribution in [1.29, 1.82) is 0 Å². The molecule has 1 aliphatic rings. The van der Waals surface area contributed by atoms with E-state index in [0.717, 1.165) is 22.5 Å². The minimum atomic E-state index is -0.425. The van der Waals surface area contributed by atoms with Crippen LogP contribution in [0.1, 0.15) is 34.2 Å². The molecule has 3 rings (SSSR count). The predicted octanol–water partition coefficient (Wildman–Crippen LogP) is 2.06. The summed E-state index contributed by atoms with van der Waals surface area (Å²) in [4.78, 5) is 12.0. The maximum Gasteiger partial charge on any atom is 0.359 e. The fraction of sp³-hybridized carbons (Fsp3) is 0.250. The fourth-order valence-corrected chi connectivity index (χ4v) is 2.34. The highest BCUT2D eigenvalue weighted by Crippen LogP contribution is 2.27. The molecule has 0 saturated heterocycles. The molecule has 2 aromatic rings. The second kappa shape index (κ2) is 5.43. The number of esters is 1. The van der Waals surface area contributed by atoms with Gasteiger partial charge in [0.15, 0.2) is 5.69 Å². The minimum Gasteiger partial charge on any atom is -0.461 e. The molecule has 0 bridgehead atoms. The lowest BCUT2D eigenvalue weighted by Gasteiger charge is -2.05. The zero-order chi connectivity index (χ0) is 14.8. The van der Waals surface area contributed by atoms with Gasteiger partial charge < -0.3 is 9.47 Å². The zero-order valence-corrected chi connectivity index (χ0v) is 11.6. The Morgan fingerprint density at radius 1 is 1.52 bits per heavy atom. The van der Waals surface area contributed by atoms with E-state index in [1.165, 1.54) is 0 Å². The molecule has 0 saturated carbocycles. The van der Waals surface area contributed by atoms with Crippen molar-refractivity contribution in [2.24, 2.45) is 0 Å². The Bertz CT molecular complexity index is 740. The molecule has 0 spiro atoms. The summed E-state index contributed by atoms with van der Waals surface area (Å²) in [5, 5.41) is 4.39. The first-order chi connectivity index (χ1) is 10.2. The van der Waals surface area contributed by atoms with E-state index in [4.69, 9.17) is 15.9 Å². The molecule has 1 aromatic carbocycles. The fourth-order valence-electron chi connectivity index (χ4n) is 2.34. The highest BCUT2D eigenvalue weighted by atomic mass is 16.5. The summed E-state index contributed by atoms with van der Waals surface area (Å²) >= 11 is 0. The number of benzene rings is 1. The Morgan fingerprint density at radius 2 is 2.38 bits per heavy atom. The molecule has 0 aliphatic carbocycles. The number of hydrogen-bond acceptors (Lipinski definition) is 4. The Labute approximate surface area is 122 Å². The van der Waals surface area contributed by atoms with Crippen molar-refractivity contribution in [1.82, 2.24) is 9.78 Å². The Morgan fingerprint density at radius 3 is 3.14 bits per heavy atom. The zero-order valence-electron chi connectivity index (χ0n) is 11.6. The number of nitrogens with zero attached hydrogens (tertiary/aromatic N) is 2. The smallest absolute Gasteiger partial charge is 0.359 e. The third-order valence-electron chi connectivity index (χ3n) is 3.30. The standard InChI is InChI=1S/C16H14N2O3/c1-3-11-6-5-7-12(8-11)18-14-10-20-9-13(14)15(17-18)16(19)21-4-2/h1,5-8H,4,9-10H2,2H3. The van der Waals surface area contributed by atoms with E-state index in [9.17, 15) is 4.79 Å². The molecule has 0 fully saturated rings. The lowest BCUT2D eigenvalue weighted by Crippen LogP contribution is -2.09. The van der Waals surface area contributed by atoms with Crippen LogP contribution >= 0.6 is 0 Å². The van der Waals surface area contributed by atoms with Crippen LogP contribution in [-0.4, -0.2) is 22.4 Å². The van der Waals surface area contributed by atoms with Crippen LogP contribution in [0.15, 0.2) is 24.3 Å². The predicted molar refractivity (Wildman–Crippen MR) is 75.9 cm³/mol. The van der Waals surface area contributed by atoms with Gasteiger partial charge in [-0.05, 0) is 25.1 Å². The van der Waals surface area contributed by atoms with Gasteiger partial charge in [0, 0.05) is 11.1 Å². The molecule has 21 heavy (non-hydrogen) atoms. The van der Waals surface area contributed by atoms with Crippen LogP contribution in [0.25, 0.3) is 5.69 Å². The van der Waals surface area contributed by atoms with Crippen LogP contribution < -0.4 is 0 Å². The van der Waals surface area contributed by atoms with Crippen LogP contribution in [-0.2, 0) is 22.7 Å². The molecule has 0 atom stereocenters. The van der Waals surface area contributed by atoms with Crippen molar-refractivity contribution < 1.29 is 14.3 Å². The number of rotatable bonds is 3. The van der Waals surface area contributed by atoms with Gasteiger partial charge in [-0.25, -0.2) is 9.48 Å². The quantitative estimate of drug-likeness (QED) is 0.638. The lowest BCUT2D eigenvalue weighted by molar-refractivity contribution is 0.0512. The second-order valence-electron chi connectivity index (χ2n) is 4.59. The number of ether oxygens (including phenoxy) is 2. The van der Waals surface area contributed by atoms with Gasteiger partial charge in [0.2, 0.25) is 0 Å². The van der Waals surface area contributed by atoms with E-state index in [2.05, 4.69) is 11.0 Å². The van der Waals surface area contributed by atoms with Crippen molar-refractivity contribution in [3.8, 4) is 18.0 Å². The van der Waals surface area contributed by atoms with Crippen molar-refractivity contribution in [2.75, 3.05) is 6.61 Å². The number of hydrogen-bond donors (Lipinski definition) is 0. The van der Waals surface area contributed by atoms with Crippen molar-refractivity contribution in [3.05, 3.63) is 46.8 Å². The van der Waals surface area contributed by atoms with Gasteiger partial charge in [0.05, 0.1) is 31.2 Å². The van der Waals surface area contributed by atoms with Crippen molar-refractivity contribution in [2.45, 2.75) is 20.1 Å². The topological polar surface area (TPSA) is 53.4 Å². The van der Waals surface area contributed by atoms with Crippen LogP contribution in [0.5, 0.6) is 0 Å². The number of carbonyl (C=O) groups is 1. The normalized spacial score (nSPS) is 12.8. The van der Waals surface area contributed by atoms with E-state index in [1.54, 1.807) is 11.6 Å². The first-order valence-electron chi connectivity index (χ1n) is 6.67. The Kier molecular flexibility index (Phi) is 3.46. The maximum atomic E-state index is 12.0. The number of carbonyl (C=O) groups excluding carboxylic acids is 1. The molecular formula is C16H14N2O3. The van der Waals surface area contributed by atoms with E-state index in [0.29, 0.717) is 25.5 Å². The maximum absolute atomic E-state index is 12.0. The molecule has 106 valence electrons. The molecule has 1 aromatic heterocycles. The van der Waals surface area contributed by atoms with Gasteiger partial charge in [0.1, 0.15) is 0 Å². The van der Waals surface area contributed by atoms with Crippen LogP contribution in [0, 0.1) is 12.3 Å². The average Bonchev–Trinajstić information content (AvgIpc) is 3.09. The second-order valence-corrected chi connectivity index (χ2v) is 4.59. The first-order valence-corrected chi connectivity index (χ1v) is 6.67. The summed E-state index contributed by atoms with van der Waals surface area (Å²) in [5.74, 6) is 2.17. The van der Waals surface area contributed by atoms with E-state index >= 15 is 0 Å². The summed E-state index contributed by atoms with van der Waals surface area (Å²) in [6.07, 6.45) is 5.42. The molecule has 1 aliphatic heterocycles. The summed E-state index contributed by atoms with van der Waals surface area (Å²) in [5.41, 5.74) is 3.54. The van der Waals surface area contributed by atoms with Gasteiger partial charge in [-0.1, -0.05) is 12.0 Å². The first kappa shape index (κ1) is 13.4. The van der Waals surface area contributed by atoms with E-state index < -0.39 is 5.97 Å². The van der Waals surface area contributed by atoms with E-state index in [-0.39, 0.29) is 0 Å². The molecule has 5 heteroatoms. The molecule has 5 nitrogen and oxygen atoms in total. The van der Waals surface area contributed by atoms with E-state index in [1.807, 2.05) is 24.3 Å². The Hall–Kier alpha value is -2.58. The molecular weight excluding hydrogens is 268 g/mol. The monoisotopic (exact) mass is 282 g/mol. The highest BCUT2D eigenvalue weighted by Gasteiger charge is 2.28. The number of aromatic nitrogens is 2. The molecule has 2 heterocycles. The summed E-state index contributed by atoms with van der Waals surface area (Å²) in [7, 11) is 0. The molecule has 0 unspecified atom stereocenters. The number of terminal acetylenes is 1. The third-order valence-corrected chi connectivity index (χ3v) is 3.30. The van der Waals surface area contributed by atoms with Gasteiger partial charge in [0.25, 0.3) is 0 Å².